The van der Waals surface area contributed by atoms with Crippen molar-refractivity contribution < 1.29 is 92.0 Å². The molecule has 50 heavy (non-hydrogen) atoms. The first-order valence-corrected chi connectivity index (χ1v) is 13.6. The van der Waals surface area contributed by atoms with Crippen LogP contribution in [0.1, 0.15) is 56.7 Å². The number of ether oxygens (including phenoxy) is 2. The molecule has 2 aromatic heterocycles. The summed E-state index contributed by atoms with van der Waals surface area (Å²) in [6.45, 7) is 6.61. The number of aromatic amines is 2. The largest absolute Gasteiger partial charge is 0.412 e. The molecule has 4 aliphatic heterocycles. The number of piperidine rings is 2. The molecule has 2 unspecified atom stereocenters. The van der Waals surface area contributed by atoms with Crippen molar-refractivity contribution in [3.8, 4) is 0 Å². The van der Waals surface area contributed by atoms with Gasteiger partial charge in [-0.3, -0.25) is 38.3 Å². The maximum atomic E-state index is 12.1. The zero-order valence-electron chi connectivity index (χ0n) is 28.1. The van der Waals surface area contributed by atoms with Crippen LogP contribution in [0.2, 0.25) is 0 Å². The molecule has 0 aliphatic carbocycles. The molecule has 0 spiro atoms. The number of aromatic nitrogens is 4. The molecule has 4 fully saturated rings. The Morgan fingerprint density at radius 1 is 0.760 bits per heavy atom. The molecule has 6 rings (SSSR count). The van der Waals surface area contributed by atoms with E-state index in [1.54, 1.807) is 6.92 Å². The number of hydrogen-bond acceptors (Lipinski definition) is 10. The van der Waals surface area contributed by atoms with Crippen LogP contribution in [0.5, 0.6) is 0 Å². The molecule has 22 heteroatoms. The Bertz CT molecular complexity index is 1560. The molecule has 296 valence electrons. The standard InChI is InChI=1S/C14H19N3O4.C12H15N3O6.2CH3.4H2O.2Pd/c1-4-14-5-9(18)15-10(8(14)3)12(21-14)17-6-7(2)11(19)16-13(17)20;1-5-3-15(11(20)14-9(5)19)10-7-8(18)12(4-16,21-10)2-6(17)13-7;;;;;;;;/h6,8,10,12H,4-5H2,1-3H3,(H,15,18)(H,16,19,20);3,7-8,10,16,18H,2,4H2,1H3,(H,13,17)(H,14,19,20);2*1H3;4*1H2;;/q;;2*-1;;;;;;/t8?,10-,12+,14-;7-,8?,10+,12+;;;;;;;;/m00......../s1. The first kappa shape index (κ1) is 54.1. The summed E-state index contributed by atoms with van der Waals surface area (Å²) in [5, 5.41) is 25.2. The van der Waals surface area contributed by atoms with E-state index in [0.29, 0.717) is 24.0 Å². The second-order valence-corrected chi connectivity index (χ2v) is 11.4. The van der Waals surface area contributed by atoms with Gasteiger partial charge in [-0.25, -0.2) is 9.59 Å². The van der Waals surface area contributed by atoms with Gasteiger partial charge in [-0.2, -0.15) is 0 Å². The van der Waals surface area contributed by atoms with Crippen LogP contribution in [0.4, 0.5) is 0 Å². The van der Waals surface area contributed by atoms with Gasteiger partial charge >= 0.3 is 11.4 Å². The molecule has 4 saturated heterocycles. The van der Waals surface area contributed by atoms with Crippen molar-refractivity contribution >= 4 is 11.8 Å². The molecular formula is C28H48N6O14Pd2-2. The molecular weight excluding hydrogens is 857 g/mol. The van der Waals surface area contributed by atoms with Gasteiger partial charge in [-0.05, 0) is 20.3 Å². The number of carbonyl (C=O) groups is 2. The van der Waals surface area contributed by atoms with E-state index in [2.05, 4.69) is 20.6 Å². The van der Waals surface area contributed by atoms with Crippen molar-refractivity contribution in [1.29, 1.82) is 0 Å². The summed E-state index contributed by atoms with van der Waals surface area (Å²) in [4.78, 5) is 74.8. The van der Waals surface area contributed by atoms with Gasteiger partial charge in [0.15, 0.2) is 12.5 Å². The quantitative estimate of drug-likeness (QED) is 0.125. The van der Waals surface area contributed by atoms with Crippen LogP contribution in [0.15, 0.2) is 31.6 Å². The summed E-state index contributed by atoms with van der Waals surface area (Å²) in [7, 11) is 0. The number of aliphatic hydroxyl groups is 2. The van der Waals surface area contributed by atoms with E-state index in [4.69, 9.17) is 9.47 Å². The Morgan fingerprint density at radius 3 is 1.56 bits per heavy atom. The fraction of sp³-hybridized carbons (Fsp3) is 0.571. The van der Waals surface area contributed by atoms with Crippen molar-refractivity contribution in [3.05, 3.63) is 80.1 Å². The van der Waals surface area contributed by atoms with Gasteiger partial charge in [-0.1, -0.05) is 13.8 Å². The summed E-state index contributed by atoms with van der Waals surface area (Å²) in [6, 6.07) is -1.14. The SMILES string of the molecule is CC[C@]12CC(=O)N[C@@H](C1C)[C@H](n1cc(C)c(=O)[nH]c1=O)O2.Cc1cn([C@@H]2O[C@@]3(CO)CC(=O)N[C@H]2C3O)c(=O)[nH]c1=O.O.O.O.O.[CH3-].[CH3-].[Pd].[Pd]. The number of nitrogens with zero attached hydrogens (tertiary/aromatic N) is 2. The van der Waals surface area contributed by atoms with E-state index >= 15 is 0 Å². The molecule has 20 nitrogen and oxygen atoms in total. The van der Waals surface area contributed by atoms with Crippen molar-refractivity contribution in [2.45, 2.75) is 88.8 Å². The third-order valence-corrected chi connectivity index (χ3v) is 8.85. The topological polar surface area (TPSA) is 353 Å². The Labute approximate surface area is 313 Å². The van der Waals surface area contributed by atoms with Crippen molar-refractivity contribution in [2.75, 3.05) is 6.61 Å². The Hall–Kier alpha value is -2.70. The number of hydrogen-bond donors (Lipinski definition) is 6. The van der Waals surface area contributed by atoms with E-state index < -0.39 is 64.9 Å². The van der Waals surface area contributed by atoms with Crippen LogP contribution in [-0.2, 0) is 59.9 Å². The van der Waals surface area contributed by atoms with Crippen LogP contribution in [0.3, 0.4) is 0 Å². The van der Waals surface area contributed by atoms with Gasteiger partial charge in [0.25, 0.3) is 11.1 Å². The normalized spacial score (nSPS) is 29.2. The average Bonchev–Trinajstić information content (AvgIpc) is 3.19. The van der Waals surface area contributed by atoms with Crippen LogP contribution in [0.25, 0.3) is 0 Å². The van der Waals surface area contributed by atoms with E-state index in [9.17, 15) is 39.0 Å². The third kappa shape index (κ3) is 9.02. The molecule has 2 amide bonds. The first-order valence-electron chi connectivity index (χ1n) is 13.6. The van der Waals surface area contributed by atoms with Crippen molar-refractivity contribution in [1.82, 2.24) is 29.7 Å². The zero-order valence-corrected chi connectivity index (χ0v) is 31.2. The average molecular weight is 906 g/mol. The number of aryl methyl sites for hydroxylation is 2. The monoisotopic (exact) mass is 904 g/mol. The minimum atomic E-state index is -1.43. The zero-order chi connectivity index (χ0) is 30.7. The summed E-state index contributed by atoms with van der Waals surface area (Å²) in [6.07, 6.45) is 0.862. The fourth-order valence-electron chi connectivity index (χ4n) is 6.30. The fourth-order valence-corrected chi connectivity index (χ4v) is 6.30. The van der Waals surface area contributed by atoms with Gasteiger partial charge in [0.05, 0.1) is 31.1 Å². The molecule has 14 N–H and O–H groups in total. The number of nitrogens with one attached hydrogen (secondary N) is 4. The molecule has 8 atom stereocenters. The smallest absolute Gasteiger partial charge is 0.330 e. The van der Waals surface area contributed by atoms with Crippen LogP contribution in [-0.4, -0.2) is 99.0 Å². The van der Waals surface area contributed by atoms with E-state index in [1.165, 1.54) is 23.9 Å². The minimum absolute atomic E-state index is 0. The number of H-pyrrole nitrogens is 2. The summed E-state index contributed by atoms with van der Waals surface area (Å²) >= 11 is 0. The predicted molar refractivity (Wildman–Crippen MR) is 171 cm³/mol. The predicted octanol–water partition coefficient (Wildman–Crippen LogP) is -5.00. The van der Waals surface area contributed by atoms with Crippen LogP contribution < -0.4 is 33.1 Å². The molecule has 0 saturated carbocycles. The van der Waals surface area contributed by atoms with Gasteiger partial charge in [0, 0.05) is 70.3 Å². The number of carbonyl (C=O) groups excluding carboxylic acids is 2. The maximum Gasteiger partial charge on any atom is 0.330 e. The molecule has 4 bridgehead atoms. The number of amides is 2. The molecule has 0 aromatic carbocycles. The molecule has 2 aromatic rings. The second-order valence-electron chi connectivity index (χ2n) is 11.4. The Balaban J connectivity index is -0.000000365. The Morgan fingerprint density at radius 2 is 1.14 bits per heavy atom. The summed E-state index contributed by atoms with van der Waals surface area (Å²) < 4.78 is 14.2. The van der Waals surface area contributed by atoms with Gasteiger partial charge < -0.3 is 67.1 Å². The number of fused-ring (bicyclic) bond motifs is 4. The van der Waals surface area contributed by atoms with E-state index in [-0.39, 0.29) is 108 Å². The van der Waals surface area contributed by atoms with E-state index in [0.717, 1.165) is 4.57 Å². The van der Waals surface area contributed by atoms with Gasteiger partial charge in [0.1, 0.15) is 17.7 Å². The second kappa shape index (κ2) is 19.8. The van der Waals surface area contributed by atoms with Crippen molar-refractivity contribution in [3.63, 3.8) is 0 Å². The first-order chi connectivity index (χ1) is 19.8. The summed E-state index contributed by atoms with van der Waals surface area (Å²) in [5.74, 6) is -0.336. The minimum Gasteiger partial charge on any atom is -0.412 e. The molecule has 6 heterocycles. The third-order valence-electron chi connectivity index (χ3n) is 8.85. The van der Waals surface area contributed by atoms with Gasteiger partial charge in [-0.15, -0.1) is 0 Å². The van der Waals surface area contributed by atoms with Crippen LogP contribution in [0, 0.1) is 34.6 Å². The van der Waals surface area contributed by atoms with E-state index in [1.807, 2.05) is 13.8 Å². The summed E-state index contributed by atoms with van der Waals surface area (Å²) in [5.41, 5.74) is -3.39. The number of aliphatic hydroxyl groups excluding tert-OH is 2. The van der Waals surface area contributed by atoms with Gasteiger partial charge in [0.2, 0.25) is 11.8 Å². The Kier molecular flexibility index (Phi) is 21.4. The maximum absolute atomic E-state index is 12.1. The number of rotatable bonds is 4. The van der Waals surface area contributed by atoms with Crippen LogP contribution >= 0.6 is 0 Å². The van der Waals surface area contributed by atoms with Crippen molar-refractivity contribution in [2.24, 2.45) is 5.92 Å². The molecule has 0 radical (unpaired) electrons. The molecule has 4 aliphatic rings.